The van der Waals surface area contributed by atoms with Gasteiger partial charge in [0.1, 0.15) is 17.0 Å². The summed E-state index contributed by atoms with van der Waals surface area (Å²) in [5, 5.41) is 0. The second-order valence-electron chi connectivity index (χ2n) is 6.89. The minimum absolute atomic E-state index is 0.586. The SMILES string of the molecule is Cc1ccc(-c2ncc(-c3nc4ccccc4o3)n2Cc2ccccc2)cc1. The van der Waals surface area contributed by atoms with Crippen molar-refractivity contribution in [1.82, 2.24) is 14.5 Å². The van der Waals surface area contributed by atoms with Gasteiger partial charge >= 0.3 is 0 Å². The maximum absolute atomic E-state index is 6.03. The molecule has 0 amide bonds. The minimum atomic E-state index is 0.586. The molecule has 0 aliphatic carbocycles. The van der Waals surface area contributed by atoms with Crippen LogP contribution >= 0.6 is 0 Å². The van der Waals surface area contributed by atoms with Crippen LogP contribution in [0.1, 0.15) is 11.1 Å². The zero-order valence-electron chi connectivity index (χ0n) is 15.5. The molecule has 4 nitrogen and oxygen atoms in total. The predicted molar refractivity (Wildman–Crippen MR) is 111 cm³/mol. The normalized spacial score (nSPS) is 11.2. The first-order valence-corrected chi connectivity index (χ1v) is 9.30. The van der Waals surface area contributed by atoms with Crippen molar-refractivity contribution in [1.29, 1.82) is 0 Å². The average molecular weight is 365 g/mol. The fourth-order valence-electron chi connectivity index (χ4n) is 3.39. The van der Waals surface area contributed by atoms with Gasteiger partial charge in [-0.15, -0.1) is 0 Å². The van der Waals surface area contributed by atoms with Crippen LogP contribution in [0.4, 0.5) is 0 Å². The first-order valence-electron chi connectivity index (χ1n) is 9.30. The summed E-state index contributed by atoms with van der Waals surface area (Å²) in [4.78, 5) is 9.40. The standard InChI is InChI=1S/C24H19N3O/c1-17-11-13-19(14-12-17)23-25-15-21(27(23)16-18-7-3-2-4-8-18)24-26-20-9-5-6-10-22(20)28-24/h2-15H,16H2,1H3. The van der Waals surface area contributed by atoms with E-state index in [1.807, 2.05) is 36.5 Å². The van der Waals surface area contributed by atoms with E-state index in [0.29, 0.717) is 12.4 Å². The molecule has 0 radical (unpaired) electrons. The number of para-hydroxylation sites is 2. The molecule has 5 rings (SSSR count). The first-order chi connectivity index (χ1) is 13.8. The van der Waals surface area contributed by atoms with Crippen molar-refractivity contribution in [3.63, 3.8) is 0 Å². The summed E-state index contributed by atoms with van der Waals surface area (Å²) in [7, 11) is 0. The molecule has 2 aromatic heterocycles. The first kappa shape index (κ1) is 16.5. The third kappa shape index (κ3) is 2.99. The lowest BCUT2D eigenvalue weighted by Gasteiger charge is -2.11. The minimum Gasteiger partial charge on any atom is -0.435 e. The number of fused-ring (bicyclic) bond motifs is 1. The molecule has 0 saturated carbocycles. The Hall–Kier alpha value is -3.66. The Balaban J connectivity index is 1.67. The van der Waals surface area contributed by atoms with Crippen LogP contribution in [0.5, 0.6) is 0 Å². The third-order valence-corrected chi connectivity index (χ3v) is 4.86. The van der Waals surface area contributed by atoms with Crippen molar-refractivity contribution < 1.29 is 4.42 Å². The number of benzene rings is 3. The van der Waals surface area contributed by atoms with Crippen LogP contribution in [0.15, 0.2) is 89.5 Å². The Morgan fingerprint density at radius 3 is 2.39 bits per heavy atom. The summed E-state index contributed by atoms with van der Waals surface area (Å²) in [5.41, 5.74) is 6.00. The molecule has 2 heterocycles. The summed E-state index contributed by atoms with van der Waals surface area (Å²) in [6, 6.07) is 26.6. The smallest absolute Gasteiger partial charge is 0.245 e. The van der Waals surface area contributed by atoms with E-state index in [0.717, 1.165) is 28.2 Å². The van der Waals surface area contributed by atoms with E-state index in [4.69, 9.17) is 9.40 Å². The fraction of sp³-hybridized carbons (Fsp3) is 0.0833. The van der Waals surface area contributed by atoms with Gasteiger partial charge in [-0.05, 0) is 24.6 Å². The lowest BCUT2D eigenvalue weighted by atomic mass is 10.1. The van der Waals surface area contributed by atoms with Gasteiger partial charge < -0.3 is 8.98 Å². The Morgan fingerprint density at radius 2 is 1.61 bits per heavy atom. The number of imidazole rings is 1. The largest absolute Gasteiger partial charge is 0.435 e. The number of aromatic nitrogens is 3. The van der Waals surface area contributed by atoms with Crippen molar-refractivity contribution in [2.45, 2.75) is 13.5 Å². The van der Waals surface area contributed by atoms with Gasteiger partial charge in [-0.25, -0.2) is 9.97 Å². The van der Waals surface area contributed by atoms with Crippen molar-refractivity contribution in [2.75, 3.05) is 0 Å². The summed E-state index contributed by atoms with van der Waals surface area (Å²) in [6.07, 6.45) is 1.85. The molecule has 3 aromatic carbocycles. The van der Waals surface area contributed by atoms with E-state index in [2.05, 4.69) is 65.0 Å². The molecule has 0 spiro atoms. The van der Waals surface area contributed by atoms with Crippen LogP contribution in [0.3, 0.4) is 0 Å². The Kier molecular flexibility index (Phi) is 4.02. The maximum Gasteiger partial charge on any atom is 0.245 e. The van der Waals surface area contributed by atoms with Gasteiger partial charge in [0.2, 0.25) is 5.89 Å². The van der Waals surface area contributed by atoms with Gasteiger partial charge in [0.15, 0.2) is 5.58 Å². The second-order valence-corrected chi connectivity index (χ2v) is 6.89. The molecule has 0 fully saturated rings. The Bertz CT molecular complexity index is 1200. The molecule has 4 heteroatoms. The number of aryl methyl sites for hydroxylation is 1. The lowest BCUT2D eigenvalue weighted by molar-refractivity contribution is 0.609. The van der Waals surface area contributed by atoms with E-state index in [-0.39, 0.29) is 0 Å². The summed E-state index contributed by atoms with van der Waals surface area (Å²) in [6.45, 7) is 2.78. The molecule has 0 aliphatic heterocycles. The average Bonchev–Trinajstić information content (AvgIpc) is 3.33. The highest BCUT2D eigenvalue weighted by molar-refractivity contribution is 5.76. The highest BCUT2D eigenvalue weighted by atomic mass is 16.3. The van der Waals surface area contributed by atoms with Crippen LogP contribution in [0, 0.1) is 6.92 Å². The summed E-state index contributed by atoms with van der Waals surface area (Å²) >= 11 is 0. The Labute approximate surface area is 163 Å². The Morgan fingerprint density at radius 1 is 0.857 bits per heavy atom. The van der Waals surface area contributed by atoms with Crippen molar-refractivity contribution in [3.8, 4) is 23.0 Å². The predicted octanol–water partition coefficient (Wildman–Crippen LogP) is 5.72. The molecule has 0 bridgehead atoms. The van der Waals surface area contributed by atoms with E-state index >= 15 is 0 Å². The highest BCUT2D eigenvalue weighted by Gasteiger charge is 2.18. The molecule has 0 N–H and O–H groups in total. The zero-order chi connectivity index (χ0) is 18.9. The van der Waals surface area contributed by atoms with Gasteiger partial charge in [0.25, 0.3) is 0 Å². The molecular weight excluding hydrogens is 346 g/mol. The number of hydrogen-bond acceptors (Lipinski definition) is 3. The molecule has 136 valence electrons. The number of hydrogen-bond donors (Lipinski definition) is 0. The topological polar surface area (TPSA) is 43.9 Å². The fourth-order valence-corrected chi connectivity index (χ4v) is 3.39. The molecule has 0 aliphatic rings. The summed E-state index contributed by atoms with van der Waals surface area (Å²) in [5.74, 6) is 1.49. The van der Waals surface area contributed by atoms with E-state index in [1.54, 1.807) is 0 Å². The van der Waals surface area contributed by atoms with Crippen molar-refractivity contribution in [2.24, 2.45) is 0 Å². The van der Waals surface area contributed by atoms with Gasteiger partial charge in [0.05, 0.1) is 6.20 Å². The van der Waals surface area contributed by atoms with Gasteiger partial charge in [-0.2, -0.15) is 0 Å². The number of nitrogens with zero attached hydrogens (tertiary/aromatic N) is 3. The lowest BCUT2D eigenvalue weighted by Crippen LogP contribution is -2.04. The van der Waals surface area contributed by atoms with Crippen LogP contribution in [-0.2, 0) is 6.54 Å². The van der Waals surface area contributed by atoms with Crippen LogP contribution in [0.25, 0.3) is 34.1 Å². The third-order valence-electron chi connectivity index (χ3n) is 4.86. The van der Waals surface area contributed by atoms with E-state index in [1.165, 1.54) is 11.1 Å². The highest BCUT2D eigenvalue weighted by Crippen LogP contribution is 2.29. The van der Waals surface area contributed by atoms with E-state index in [9.17, 15) is 0 Å². The van der Waals surface area contributed by atoms with Crippen molar-refractivity contribution >= 4 is 11.1 Å². The van der Waals surface area contributed by atoms with E-state index < -0.39 is 0 Å². The second kappa shape index (κ2) is 6.82. The monoisotopic (exact) mass is 365 g/mol. The van der Waals surface area contributed by atoms with Gasteiger partial charge in [-0.1, -0.05) is 72.3 Å². The van der Waals surface area contributed by atoms with Crippen LogP contribution in [0.2, 0.25) is 0 Å². The number of oxazole rings is 1. The summed E-state index contributed by atoms with van der Waals surface area (Å²) < 4.78 is 8.20. The molecule has 5 aromatic rings. The van der Waals surface area contributed by atoms with Crippen molar-refractivity contribution in [3.05, 3.63) is 96.2 Å². The number of rotatable bonds is 4. The van der Waals surface area contributed by atoms with Gasteiger partial charge in [0, 0.05) is 12.1 Å². The molecule has 28 heavy (non-hydrogen) atoms. The molecule has 0 unspecified atom stereocenters. The van der Waals surface area contributed by atoms with Gasteiger partial charge in [-0.3, -0.25) is 0 Å². The maximum atomic E-state index is 6.03. The van der Waals surface area contributed by atoms with Crippen LogP contribution < -0.4 is 0 Å². The zero-order valence-corrected chi connectivity index (χ0v) is 15.5. The molecular formula is C24H19N3O. The molecule has 0 saturated heterocycles. The quantitative estimate of drug-likeness (QED) is 0.409. The van der Waals surface area contributed by atoms with Crippen LogP contribution in [-0.4, -0.2) is 14.5 Å². The molecule has 0 atom stereocenters.